The number of amides is 1. The highest BCUT2D eigenvalue weighted by molar-refractivity contribution is 5.81. The van der Waals surface area contributed by atoms with Gasteiger partial charge in [-0.05, 0) is 52.6 Å². The number of carboxylic acid groups (broad SMARTS) is 1. The molecule has 1 aliphatic heterocycles. The zero-order valence-electron chi connectivity index (χ0n) is 15.0. The Morgan fingerprint density at radius 3 is 2.48 bits per heavy atom. The maximum absolute atomic E-state index is 12.4. The number of carbonyl (C=O) groups excluding carboxylic acids is 1. The van der Waals surface area contributed by atoms with E-state index in [1.807, 2.05) is 18.9 Å². The van der Waals surface area contributed by atoms with Crippen LogP contribution in [0.3, 0.4) is 0 Å². The molecule has 1 heterocycles. The van der Waals surface area contributed by atoms with Crippen LogP contribution in [0.5, 0.6) is 0 Å². The van der Waals surface area contributed by atoms with E-state index in [0.29, 0.717) is 0 Å². The smallest absolute Gasteiger partial charge is 0.317 e. The van der Waals surface area contributed by atoms with Gasteiger partial charge in [-0.15, -0.1) is 0 Å². The second-order valence-corrected chi connectivity index (χ2v) is 6.63. The van der Waals surface area contributed by atoms with E-state index in [-0.39, 0.29) is 30.6 Å². The van der Waals surface area contributed by atoms with Gasteiger partial charge in [0.2, 0.25) is 5.91 Å². The SMILES string of the molecule is CCC(CC)NC(=O)C(C)N1CCCC(N(C)CC(=O)O)CC1. The Kier molecular flexibility index (Phi) is 8.55. The van der Waals surface area contributed by atoms with Crippen LogP contribution in [0.2, 0.25) is 0 Å². The lowest BCUT2D eigenvalue weighted by molar-refractivity contribution is -0.138. The third-order valence-electron chi connectivity index (χ3n) is 5.00. The fourth-order valence-electron chi connectivity index (χ4n) is 3.25. The summed E-state index contributed by atoms with van der Waals surface area (Å²) < 4.78 is 0. The zero-order valence-corrected chi connectivity index (χ0v) is 15.0. The number of likely N-dealkylation sites (N-methyl/N-ethyl adjacent to an activating group) is 1. The van der Waals surface area contributed by atoms with Gasteiger partial charge in [-0.1, -0.05) is 13.8 Å². The zero-order chi connectivity index (χ0) is 17.4. The lowest BCUT2D eigenvalue weighted by Gasteiger charge is -2.29. The van der Waals surface area contributed by atoms with Gasteiger partial charge in [-0.25, -0.2) is 0 Å². The molecule has 0 spiro atoms. The summed E-state index contributed by atoms with van der Waals surface area (Å²) in [6, 6.07) is 0.413. The number of rotatable bonds is 8. The van der Waals surface area contributed by atoms with Crippen LogP contribution < -0.4 is 5.32 Å². The summed E-state index contributed by atoms with van der Waals surface area (Å²) in [5.41, 5.74) is 0. The van der Waals surface area contributed by atoms with Gasteiger partial charge in [0.25, 0.3) is 0 Å². The first-order chi connectivity index (χ1) is 10.9. The van der Waals surface area contributed by atoms with Crippen LogP contribution in [0.4, 0.5) is 0 Å². The van der Waals surface area contributed by atoms with Crippen LogP contribution in [0.1, 0.15) is 52.9 Å². The van der Waals surface area contributed by atoms with Gasteiger partial charge in [0.1, 0.15) is 0 Å². The molecular weight excluding hydrogens is 294 g/mol. The minimum atomic E-state index is -0.786. The van der Waals surface area contributed by atoms with Crippen molar-refractivity contribution in [1.82, 2.24) is 15.1 Å². The van der Waals surface area contributed by atoms with E-state index in [2.05, 4.69) is 24.1 Å². The van der Waals surface area contributed by atoms with Gasteiger partial charge < -0.3 is 10.4 Å². The van der Waals surface area contributed by atoms with Crippen LogP contribution in [0.15, 0.2) is 0 Å². The van der Waals surface area contributed by atoms with Crippen LogP contribution in [-0.4, -0.2) is 71.6 Å². The first-order valence-corrected chi connectivity index (χ1v) is 8.85. The minimum Gasteiger partial charge on any atom is -0.480 e. The van der Waals surface area contributed by atoms with Crippen molar-refractivity contribution in [2.75, 3.05) is 26.7 Å². The number of nitrogens with zero attached hydrogens (tertiary/aromatic N) is 2. The Hall–Kier alpha value is -1.14. The molecule has 0 aliphatic carbocycles. The molecule has 134 valence electrons. The van der Waals surface area contributed by atoms with E-state index in [0.717, 1.165) is 45.2 Å². The highest BCUT2D eigenvalue weighted by Gasteiger charge is 2.27. The standard InChI is InChI=1S/C17H33N3O3/c1-5-14(6-2)18-17(23)13(3)20-10-7-8-15(9-11-20)19(4)12-16(21)22/h13-15H,5-12H2,1-4H3,(H,18,23)(H,21,22). The van der Waals surface area contributed by atoms with Gasteiger partial charge in [0.15, 0.2) is 0 Å². The fraction of sp³-hybridized carbons (Fsp3) is 0.882. The summed E-state index contributed by atoms with van der Waals surface area (Å²) in [6.45, 7) is 7.97. The lowest BCUT2D eigenvalue weighted by Crippen LogP contribution is -2.48. The van der Waals surface area contributed by atoms with Crippen molar-refractivity contribution in [3.8, 4) is 0 Å². The molecule has 6 heteroatoms. The largest absolute Gasteiger partial charge is 0.480 e. The average molecular weight is 327 g/mol. The number of nitrogens with one attached hydrogen (secondary N) is 1. The monoisotopic (exact) mass is 327 g/mol. The molecule has 1 aliphatic rings. The number of hydrogen-bond acceptors (Lipinski definition) is 4. The molecular formula is C17H33N3O3. The summed E-state index contributed by atoms with van der Waals surface area (Å²) >= 11 is 0. The second kappa shape index (κ2) is 9.88. The molecule has 1 rings (SSSR count). The number of hydrogen-bond donors (Lipinski definition) is 2. The van der Waals surface area contributed by atoms with Crippen molar-refractivity contribution < 1.29 is 14.7 Å². The van der Waals surface area contributed by atoms with Crippen molar-refractivity contribution in [2.24, 2.45) is 0 Å². The first kappa shape index (κ1) is 19.9. The first-order valence-electron chi connectivity index (χ1n) is 8.85. The van der Waals surface area contributed by atoms with E-state index in [1.54, 1.807) is 0 Å². The van der Waals surface area contributed by atoms with Gasteiger partial charge in [-0.2, -0.15) is 0 Å². The van der Waals surface area contributed by atoms with E-state index in [4.69, 9.17) is 5.11 Å². The molecule has 0 aromatic heterocycles. The number of carboxylic acids is 1. The molecule has 0 saturated carbocycles. The number of likely N-dealkylation sites (tertiary alicyclic amines) is 1. The maximum atomic E-state index is 12.4. The summed E-state index contributed by atoms with van der Waals surface area (Å²) in [4.78, 5) is 27.4. The molecule has 1 saturated heterocycles. The van der Waals surface area contributed by atoms with E-state index in [1.165, 1.54) is 0 Å². The van der Waals surface area contributed by atoms with Crippen LogP contribution in [0, 0.1) is 0 Å². The van der Waals surface area contributed by atoms with Gasteiger partial charge >= 0.3 is 5.97 Å². The van der Waals surface area contributed by atoms with E-state index >= 15 is 0 Å². The van der Waals surface area contributed by atoms with Crippen molar-refractivity contribution >= 4 is 11.9 Å². The number of aliphatic carboxylic acids is 1. The van der Waals surface area contributed by atoms with Crippen LogP contribution >= 0.6 is 0 Å². The van der Waals surface area contributed by atoms with Crippen molar-refractivity contribution in [3.05, 3.63) is 0 Å². The third kappa shape index (κ3) is 6.47. The Morgan fingerprint density at radius 2 is 1.91 bits per heavy atom. The Bertz CT molecular complexity index is 385. The van der Waals surface area contributed by atoms with Gasteiger partial charge in [0, 0.05) is 18.6 Å². The predicted octanol–water partition coefficient (Wildman–Crippen LogP) is 1.55. The average Bonchev–Trinajstić information content (AvgIpc) is 2.76. The molecule has 6 nitrogen and oxygen atoms in total. The quantitative estimate of drug-likeness (QED) is 0.708. The molecule has 2 atom stereocenters. The topological polar surface area (TPSA) is 72.9 Å². The van der Waals surface area contributed by atoms with E-state index in [9.17, 15) is 9.59 Å². The maximum Gasteiger partial charge on any atom is 0.317 e. The summed E-state index contributed by atoms with van der Waals surface area (Å²) in [5.74, 6) is -0.678. The van der Waals surface area contributed by atoms with Gasteiger partial charge in [-0.3, -0.25) is 19.4 Å². The molecule has 0 aromatic rings. The fourth-order valence-corrected chi connectivity index (χ4v) is 3.25. The minimum absolute atomic E-state index is 0.0788. The van der Waals surface area contributed by atoms with Gasteiger partial charge in [0.05, 0.1) is 12.6 Å². The second-order valence-electron chi connectivity index (χ2n) is 6.63. The summed E-state index contributed by atoms with van der Waals surface area (Å²) in [5, 5.41) is 12.0. The molecule has 1 amide bonds. The molecule has 0 bridgehead atoms. The molecule has 23 heavy (non-hydrogen) atoms. The highest BCUT2D eigenvalue weighted by Crippen LogP contribution is 2.17. The normalized spacial score (nSPS) is 21.2. The summed E-state index contributed by atoms with van der Waals surface area (Å²) in [7, 11) is 1.87. The Balaban J connectivity index is 2.52. The van der Waals surface area contributed by atoms with Crippen molar-refractivity contribution in [1.29, 1.82) is 0 Å². The van der Waals surface area contributed by atoms with E-state index < -0.39 is 5.97 Å². The molecule has 2 unspecified atom stereocenters. The highest BCUT2D eigenvalue weighted by atomic mass is 16.4. The Morgan fingerprint density at radius 1 is 1.26 bits per heavy atom. The predicted molar refractivity (Wildman–Crippen MR) is 91.5 cm³/mol. The lowest BCUT2D eigenvalue weighted by atomic mass is 10.1. The van der Waals surface area contributed by atoms with Crippen LogP contribution in [-0.2, 0) is 9.59 Å². The third-order valence-corrected chi connectivity index (χ3v) is 5.00. The molecule has 0 aromatic carbocycles. The van der Waals surface area contributed by atoms with Crippen molar-refractivity contribution in [3.63, 3.8) is 0 Å². The molecule has 2 N–H and O–H groups in total. The molecule has 0 radical (unpaired) electrons. The summed E-state index contributed by atoms with van der Waals surface area (Å²) in [6.07, 6.45) is 4.80. The Labute approximate surface area is 140 Å². The number of carbonyl (C=O) groups is 2. The van der Waals surface area contributed by atoms with Crippen molar-refractivity contribution in [2.45, 2.75) is 71.0 Å². The molecule has 1 fully saturated rings. The van der Waals surface area contributed by atoms with Crippen LogP contribution in [0.25, 0.3) is 0 Å².